The van der Waals surface area contributed by atoms with Crippen molar-refractivity contribution < 1.29 is 4.79 Å². The number of aromatic nitrogens is 2. The Bertz CT molecular complexity index is 417. The van der Waals surface area contributed by atoms with Crippen LogP contribution in [0.5, 0.6) is 0 Å². The van der Waals surface area contributed by atoms with Gasteiger partial charge in [-0.3, -0.25) is 9.48 Å². The number of aryl methyl sites for hydroxylation is 1. The van der Waals surface area contributed by atoms with E-state index < -0.39 is 0 Å². The third-order valence-electron chi connectivity index (χ3n) is 3.18. The zero-order chi connectivity index (χ0) is 11.5. The Kier molecular flexibility index (Phi) is 3.22. The van der Waals surface area contributed by atoms with E-state index in [1.807, 2.05) is 13.1 Å². The molecule has 0 amide bonds. The van der Waals surface area contributed by atoms with E-state index in [-0.39, 0.29) is 5.78 Å². The summed E-state index contributed by atoms with van der Waals surface area (Å²) >= 11 is 0. The van der Waals surface area contributed by atoms with Crippen LogP contribution >= 0.6 is 0 Å². The molecule has 0 fully saturated rings. The average Bonchev–Trinajstić information content (AvgIpc) is 2.77. The molecular formula is C13H18N2O. The highest BCUT2D eigenvalue weighted by molar-refractivity contribution is 6.08. The number of Topliss-reactive ketones (excluding diaryl/α,β-unsaturated/α-hetero) is 1. The summed E-state index contributed by atoms with van der Waals surface area (Å²) in [5.74, 6) is 0.876. The predicted octanol–water partition coefficient (Wildman–Crippen LogP) is 2.83. The van der Waals surface area contributed by atoms with Gasteiger partial charge in [0.25, 0.3) is 0 Å². The van der Waals surface area contributed by atoms with Crippen LogP contribution < -0.4 is 0 Å². The van der Waals surface area contributed by atoms with Crippen LogP contribution in [0.1, 0.15) is 43.5 Å². The van der Waals surface area contributed by atoms with E-state index >= 15 is 0 Å². The molecule has 1 unspecified atom stereocenters. The molecule has 2 rings (SSSR count). The maximum Gasteiger partial charge on any atom is 0.191 e. The highest BCUT2D eigenvalue weighted by atomic mass is 16.1. The fourth-order valence-corrected chi connectivity index (χ4v) is 2.01. The molecule has 0 spiro atoms. The van der Waals surface area contributed by atoms with Gasteiger partial charge in [-0.15, -0.1) is 0 Å². The smallest absolute Gasteiger partial charge is 0.191 e. The predicted molar refractivity (Wildman–Crippen MR) is 63.3 cm³/mol. The second kappa shape index (κ2) is 4.64. The van der Waals surface area contributed by atoms with E-state index in [4.69, 9.17) is 0 Å². The van der Waals surface area contributed by atoms with Crippen molar-refractivity contribution in [3.8, 4) is 0 Å². The minimum Gasteiger partial charge on any atom is -0.289 e. The fraction of sp³-hybridized carbons (Fsp3) is 0.538. The van der Waals surface area contributed by atoms with Gasteiger partial charge in [-0.05, 0) is 37.7 Å². The number of nitrogens with zero attached hydrogens (tertiary/aromatic N) is 2. The number of carbonyl (C=O) groups excluding carboxylic acids is 1. The molecule has 1 aliphatic rings. The second-order valence-corrected chi connectivity index (χ2v) is 4.52. The third-order valence-corrected chi connectivity index (χ3v) is 3.18. The largest absolute Gasteiger partial charge is 0.289 e. The zero-order valence-corrected chi connectivity index (χ0v) is 9.94. The molecular weight excluding hydrogens is 200 g/mol. The van der Waals surface area contributed by atoms with Gasteiger partial charge in [-0.2, -0.15) is 5.10 Å². The van der Waals surface area contributed by atoms with E-state index in [9.17, 15) is 4.79 Å². The minimum atomic E-state index is 0.159. The van der Waals surface area contributed by atoms with E-state index in [1.165, 1.54) is 0 Å². The lowest BCUT2D eigenvalue weighted by molar-refractivity contribution is 0.102. The molecule has 0 aromatic carbocycles. The molecule has 0 saturated carbocycles. The first-order valence-corrected chi connectivity index (χ1v) is 5.97. The summed E-state index contributed by atoms with van der Waals surface area (Å²) in [5, 5.41) is 4.13. The van der Waals surface area contributed by atoms with Crippen LogP contribution in [0.2, 0.25) is 0 Å². The summed E-state index contributed by atoms with van der Waals surface area (Å²) in [6.07, 6.45) is 8.67. The fourth-order valence-electron chi connectivity index (χ4n) is 2.01. The molecule has 0 saturated heterocycles. The van der Waals surface area contributed by atoms with E-state index in [1.54, 1.807) is 10.9 Å². The standard InChI is InChI=1S/C13H18N2O/c1-3-15-9-12(8-14-15)13(16)11-6-4-10(2)5-7-11/h6,8-10H,3-5,7H2,1-2H3. The van der Waals surface area contributed by atoms with Gasteiger partial charge in [0.05, 0.1) is 11.8 Å². The van der Waals surface area contributed by atoms with E-state index in [0.29, 0.717) is 0 Å². The van der Waals surface area contributed by atoms with E-state index in [0.717, 1.165) is 42.9 Å². The van der Waals surface area contributed by atoms with Gasteiger partial charge in [0.1, 0.15) is 0 Å². The summed E-state index contributed by atoms with van der Waals surface area (Å²) < 4.78 is 1.79. The van der Waals surface area contributed by atoms with E-state index in [2.05, 4.69) is 18.1 Å². The summed E-state index contributed by atoms with van der Waals surface area (Å²) in [6, 6.07) is 0. The van der Waals surface area contributed by atoms with Gasteiger partial charge in [0, 0.05) is 12.7 Å². The Morgan fingerprint density at radius 1 is 1.62 bits per heavy atom. The lowest BCUT2D eigenvalue weighted by Gasteiger charge is -2.16. The number of hydrogen-bond acceptors (Lipinski definition) is 2. The summed E-state index contributed by atoms with van der Waals surface area (Å²) in [7, 11) is 0. The van der Waals surface area contributed by atoms with Crippen molar-refractivity contribution in [2.24, 2.45) is 5.92 Å². The number of hydrogen-bond donors (Lipinski definition) is 0. The van der Waals surface area contributed by atoms with Crippen LogP contribution in [0, 0.1) is 5.92 Å². The van der Waals surface area contributed by atoms with Crippen molar-refractivity contribution >= 4 is 5.78 Å². The monoisotopic (exact) mass is 218 g/mol. The van der Waals surface area contributed by atoms with Crippen molar-refractivity contribution in [2.45, 2.75) is 39.7 Å². The molecule has 1 aliphatic carbocycles. The van der Waals surface area contributed by atoms with Crippen molar-refractivity contribution in [1.29, 1.82) is 0 Å². The normalized spacial score (nSPS) is 20.6. The van der Waals surface area contributed by atoms with Crippen LogP contribution in [-0.4, -0.2) is 15.6 Å². The maximum absolute atomic E-state index is 12.1. The first kappa shape index (κ1) is 11.1. The number of carbonyl (C=O) groups is 1. The molecule has 0 radical (unpaired) electrons. The molecule has 0 N–H and O–H groups in total. The second-order valence-electron chi connectivity index (χ2n) is 4.52. The Labute approximate surface area is 96.2 Å². The zero-order valence-electron chi connectivity index (χ0n) is 9.94. The van der Waals surface area contributed by atoms with Gasteiger partial charge >= 0.3 is 0 Å². The molecule has 16 heavy (non-hydrogen) atoms. The Morgan fingerprint density at radius 3 is 3.00 bits per heavy atom. The third kappa shape index (κ3) is 2.23. The molecule has 0 aliphatic heterocycles. The number of ketones is 1. The molecule has 3 heteroatoms. The van der Waals surface area contributed by atoms with Crippen molar-refractivity contribution in [1.82, 2.24) is 9.78 Å². The van der Waals surface area contributed by atoms with Crippen molar-refractivity contribution in [3.63, 3.8) is 0 Å². The summed E-state index contributed by atoms with van der Waals surface area (Å²) in [5.41, 5.74) is 1.69. The molecule has 1 heterocycles. The molecule has 1 atom stereocenters. The quantitative estimate of drug-likeness (QED) is 0.731. The van der Waals surface area contributed by atoms with Crippen LogP contribution in [0.4, 0.5) is 0 Å². The van der Waals surface area contributed by atoms with Gasteiger partial charge < -0.3 is 0 Å². The number of allylic oxidation sites excluding steroid dienone is 2. The maximum atomic E-state index is 12.1. The van der Waals surface area contributed by atoms with Gasteiger partial charge in [0.15, 0.2) is 5.78 Å². The Balaban J connectivity index is 2.13. The topological polar surface area (TPSA) is 34.9 Å². The van der Waals surface area contributed by atoms with Gasteiger partial charge in [-0.1, -0.05) is 13.0 Å². The summed E-state index contributed by atoms with van der Waals surface area (Å²) in [4.78, 5) is 12.1. The minimum absolute atomic E-state index is 0.159. The van der Waals surface area contributed by atoms with Gasteiger partial charge in [0.2, 0.25) is 0 Å². The first-order chi connectivity index (χ1) is 7.70. The molecule has 1 aromatic rings. The van der Waals surface area contributed by atoms with Crippen LogP contribution in [-0.2, 0) is 6.54 Å². The molecule has 3 nitrogen and oxygen atoms in total. The van der Waals surface area contributed by atoms with Crippen molar-refractivity contribution in [3.05, 3.63) is 29.6 Å². The van der Waals surface area contributed by atoms with Crippen LogP contribution in [0.3, 0.4) is 0 Å². The summed E-state index contributed by atoms with van der Waals surface area (Å²) in [6.45, 7) is 5.05. The highest BCUT2D eigenvalue weighted by Crippen LogP contribution is 2.25. The Morgan fingerprint density at radius 2 is 2.44 bits per heavy atom. The number of rotatable bonds is 3. The van der Waals surface area contributed by atoms with Crippen LogP contribution in [0.25, 0.3) is 0 Å². The molecule has 0 bridgehead atoms. The Hall–Kier alpha value is -1.38. The first-order valence-electron chi connectivity index (χ1n) is 5.97. The lowest BCUT2D eigenvalue weighted by atomic mass is 9.88. The average molecular weight is 218 g/mol. The SMILES string of the molecule is CCn1cc(C(=O)C2=CCC(C)CC2)cn1. The molecule has 1 aromatic heterocycles. The molecule has 86 valence electrons. The lowest BCUT2D eigenvalue weighted by Crippen LogP contribution is -2.09. The van der Waals surface area contributed by atoms with Crippen LogP contribution in [0.15, 0.2) is 24.0 Å². The van der Waals surface area contributed by atoms with Crippen molar-refractivity contribution in [2.75, 3.05) is 0 Å². The highest BCUT2D eigenvalue weighted by Gasteiger charge is 2.18. The van der Waals surface area contributed by atoms with Gasteiger partial charge in [-0.25, -0.2) is 0 Å².